The molecule has 0 bridgehead atoms. The molecular formula is C52H44N2O. The lowest BCUT2D eigenvalue weighted by Gasteiger charge is -2.28. The van der Waals surface area contributed by atoms with Gasteiger partial charge in [-0.25, -0.2) is 0 Å². The smallest absolute Gasteiger partial charge is 0.138 e. The van der Waals surface area contributed by atoms with E-state index in [-0.39, 0.29) is 10.8 Å². The van der Waals surface area contributed by atoms with E-state index in [2.05, 4.69) is 209 Å². The summed E-state index contributed by atoms with van der Waals surface area (Å²) in [5, 5.41) is 9.56. The van der Waals surface area contributed by atoms with Gasteiger partial charge in [0.1, 0.15) is 11.2 Å². The molecule has 0 amide bonds. The minimum Gasteiger partial charge on any atom is -0.456 e. The summed E-state index contributed by atoms with van der Waals surface area (Å²) in [7, 11) is 0. The molecule has 268 valence electrons. The highest BCUT2D eigenvalue weighted by atomic mass is 16.3. The number of para-hydroxylation sites is 2. The number of hydrogen-bond donors (Lipinski definition) is 0. The third kappa shape index (κ3) is 5.33. The van der Waals surface area contributed by atoms with Gasteiger partial charge in [-0.15, -0.1) is 0 Å². The third-order valence-corrected chi connectivity index (χ3v) is 11.4. The fraction of sp³-hybridized carbons (Fsp3) is 0.154. The molecule has 2 heterocycles. The van der Waals surface area contributed by atoms with E-state index in [1.165, 1.54) is 65.6 Å². The van der Waals surface area contributed by atoms with Crippen molar-refractivity contribution >= 4 is 82.4 Å². The Bertz CT molecular complexity index is 3080. The van der Waals surface area contributed by atoms with Gasteiger partial charge in [0.15, 0.2) is 0 Å². The summed E-state index contributed by atoms with van der Waals surface area (Å²) in [6.45, 7) is 13.9. The molecule has 10 aromatic rings. The zero-order valence-electron chi connectivity index (χ0n) is 32.3. The molecular weight excluding hydrogens is 669 g/mol. The zero-order chi connectivity index (χ0) is 37.6. The van der Waals surface area contributed by atoms with Gasteiger partial charge in [0.25, 0.3) is 0 Å². The molecule has 0 unspecified atom stereocenters. The standard InChI is InChI=1S/C52H44N2O/c1-51(2,3)34-28-35(52(4,5)6)30-38(29-34)54-44-23-15-14-20-40(44)42-26-25-37(31-45(42)54)53(36-17-8-7-9-18-36)46-32-48-50(43-22-13-12-21-41(43)46)49-39-19-11-10-16-33(39)24-27-47(49)55-48/h7-32H,1-6H3. The van der Waals surface area contributed by atoms with Crippen LogP contribution in [-0.4, -0.2) is 4.57 Å². The van der Waals surface area contributed by atoms with Gasteiger partial charge in [0.05, 0.1) is 16.7 Å². The van der Waals surface area contributed by atoms with Crippen LogP contribution in [0.4, 0.5) is 17.1 Å². The number of rotatable bonds is 4. The first-order chi connectivity index (χ1) is 26.5. The Hall–Kier alpha value is -6.32. The van der Waals surface area contributed by atoms with Gasteiger partial charge in [0.2, 0.25) is 0 Å². The second kappa shape index (κ2) is 12.1. The average Bonchev–Trinajstić information content (AvgIpc) is 3.73. The number of furan rings is 1. The predicted molar refractivity (Wildman–Crippen MR) is 235 cm³/mol. The third-order valence-electron chi connectivity index (χ3n) is 11.4. The molecule has 8 aromatic carbocycles. The Kier molecular flexibility index (Phi) is 7.32. The first kappa shape index (κ1) is 33.3. The summed E-state index contributed by atoms with van der Waals surface area (Å²) in [6.07, 6.45) is 0. The Labute approximate surface area is 322 Å². The Balaban J connectivity index is 1.28. The van der Waals surface area contributed by atoms with E-state index in [1.54, 1.807) is 0 Å². The van der Waals surface area contributed by atoms with Crippen molar-refractivity contribution in [1.82, 2.24) is 4.57 Å². The maximum absolute atomic E-state index is 6.76. The Morgan fingerprint density at radius 3 is 1.76 bits per heavy atom. The molecule has 10 rings (SSSR count). The summed E-state index contributed by atoms with van der Waals surface area (Å²) in [5.41, 5.74) is 11.2. The molecule has 0 fully saturated rings. The molecule has 3 nitrogen and oxygen atoms in total. The molecule has 0 radical (unpaired) electrons. The number of aromatic nitrogens is 1. The van der Waals surface area contributed by atoms with Crippen LogP contribution >= 0.6 is 0 Å². The highest BCUT2D eigenvalue weighted by Crippen LogP contribution is 2.47. The fourth-order valence-corrected chi connectivity index (χ4v) is 8.55. The lowest BCUT2D eigenvalue weighted by molar-refractivity contribution is 0.568. The first-order valence-electron chi connectivity index (χ1n) is 19.4. The van der Waals surface area contributed by atoms with Crippen LogP contribution in [0, 0.1) is 0 Å². The van der Waals surface area contributed by atoms with E-state index in [0.29, 0.717) is 0 Å². The molecule has 0 atom stereocenters. The van der Waals surface area contributed by atoms with Gasteiger partial charge in [-0.2, -0.15) is 0 Å². The van der Waals surface area contributed by atoms with Crippen LogP contribution in [0.3, 0.4) is 0 Å². The zero-order valence-corrected chi connectivity index (χ0v) is 32.3. The van der Waals surface area contributed by atoms with Crippen molar-refractivity contribution in [1.29, 1.82) is 0 Å². The summed E-state index contributed by atoms with van der Waals surface area (Å²) in [6, 6.07) is 57.7. The maximum Gasteiger partial charge on any atom is 0.138 e. The van der Waals surface area contributed by atoms with Crippen LogP contribution in [0.2, 0.25) is 0 Å². The Morgan fingerprint density at radius 2 is 1.04 bits per heavy atom. The molecule has 0 spiro atoms. The minimum absolute atomic E-state index is 0.00726. The van der Waals surface area contributed by atoms with E-state index in [9.17, 15) is 0 Å². The number of anilines is 3. The maximum atomic E-state index is 6.76. The minimum atomic E-state index is -0.00726. The average molecular weight is 713 g/mol. The van der Waals surface area contributed by atoms with Gasteiger partial charge >= 0.3 is 0 Å². The highest BCUT2D eigenvalue weighted by Gasteiger charge is 2.25. The van der Waals surface area contributed by atoms with E-state index in [1.807, 2.05) is 0 Å². The van der Waals surface area contributed by atoms with Crippen molar-refractivity contribution in [3.8, 4) is 5.69 Å². The molecule has 3 heteroatoms. The molecule has 0 saturated carbocycles. The van der Waals surface area contributed by atoms with Crippen molar-refractivity contribution in [3.05, 3.63) is 169 Å². The predicted octanol–water partition coefficient (Wildman–Crippen LogP) is 15.1. The van der Waals surface area contributed by atoms with Gasteiger partial charge < -0.3 is 13.9 Å². The normalized spacial score (nSPS) is 12.5. The lowest BCUT2D eigenvalue weighted by atomic mass is 9.80. The van der Waals surface area contributed by atoms with Crippen LogP contribution < -0.4 is 4.90 Å². The topological polar surface area (TPSA) is 21.3 Å². The first-order valence-corrected chi connectivity index (χ1v) is 19.4. The summed E-state index contributed by atoms with van der Waals surface area (Å²) >= 11 is 0. The van der Waals surface area contributed by atoms with Gasteiger partial charge in [0, 0.05) is 50.1 Å². The molecule has 2 aromatic heterocycles. The summed E-state index contributed by atoms with van der Waals surface area (Å²) < 4.78 is 9.24. The van der Waals surface area contributed by atoms with Crippen LogP contribution in [0.15, 0.2) is 162 Å². The molecule has 0 N–H and O–H groups in total. The molecule has 0 aliphatic heterocycles. The van der Waals surface area contributed by atoms with Gasteiger partial charge in [-0.1, -0.05) is 145 Å². The SMILES string of the molecule is CC(C)(C)c1cc(-n2c3ccccc3c3ccc(N(c4ccccc4)c4cc5oc6ccc7ccccc7c6c5c5ccccc45)cc32)cc(C(C)(C)C)c1. The molecule has 0 saturated heterocycles. The van der Waals surface area contributed by atoms with Crippen LogP contribution in [0.1, 0.15) is 52.7 Å². The van der Waals surface area contributed by atoms with E-state index >= 15 is 0 Å². The van der Waals surface area contributed by atoms with Crippen molar-refractivity contribution in [3.63, 3.8) is 0 Å². The number of fused-ring (bicyclic) bond motifs is 10. The summed E-state index contributed by atoms with van der Waals surface area (Å²) in [5.74, 6) is 0. The quantitative estimate of drug-likeness (QED) is 0.181. The van der Waals surface area contributed by atoms with Gasteiger partial charge in [-0.3, -0.25) is 0 Å². The number of nitrogens with zero attached hydrogens (tertiary/aromatic N) is 2. The van der Waals surface area contributed by atoms with E-state index in [4.69, 9.17) is 4.42 Å². The second-order valence-electron chi connectivity index (χ2n) is 17.1. The fourth-order valence-electron chi connectivity index (χ4n) is 8.55. The number of hydrogen-bond acceptors (Lipinski definition) is 2. The molecule has 55 heavy (non-hydrogen) atoms. The van der Waals surface area contributed by atoms with Crippen molar-refractivity contribution in [2.24, 2.45) is 0 Å². The van der Waals surface area contributed by atoms with Crippen LogP contribution in [-0.2, 0) is 10.8 Å². The molecule has 0 aliphatic rings. The van der Waals surface area contributed by atoms with Gasteiger partial charge in [-0.05, 0) is 86.6 Å². The van der Waals surface area contributed by atoms with Crippen molar-refractivity contribution < 1.29 is 4.42 Å². The monoisotopic (exact) mass is 712 g/mol. The van der Waals surface area contributed by atoms with Crippen LogP contribution in [0.25, 0.3) is 71.0 Å². The highest BCUT2D eigenvalue weighted by molar-refractivity contribution is 6.28. The second-order valence-corrected chi connectivity index (χ2v) is 17.1. The van der Waals surface area contributed by atoms with E-state index in [0.717, 1.165) is 33.6 Å². The summed E-state index contributed by atoms with van der Waals surface area (Å²) in [4.78, 5) is 2.40. The largest absolute Gasteiger partial charge is 0.456 e. The Morgan fingerprint density at radius 1 is 0.436 bits per heavy atom. The van der Waals surface area contributed by atoms with Crippen molar-refractivity contribution in [2.45, 2.75) is 52.4 Å². The van der Waals surface area contributed by atoms with Crippen molar-refractivity contribution in [2.75, 3.05) is 4.90 Å². The lowest BCUT2D eigenvalue weighted by Crippen LogP contribution is -2.17. The molecule has 0 aliphatic carbocycles. The number of benzene rings is 8. The van der Waals surface area contributed by atoms with Crippen LogP contribution in [0.5, 0.6) is 0 Å². The van der Waals surface area contributed by atoms with E-state index < -0.39 is 0 Å².